The number of amides is 1. The molecule has 6 nitrogen and oxygen atoms in total. The number of hydrogen-bond donors (Lipinski definition) is 0. The number of thiazole rings is 1. The molecule has 0 atom stereocenters. The third-order valence-electron chi connectivity index (χ3n) is 3.62. The lowest BCUT2D eigenvalue weighted by Gasteiger charge is -2.17. The van der Waals surface area contributed by atoms with Gasteiger partial charge in [0.25, 0.3) is 5.91 Å². The van der Waals surface area contributed by atoms with Gasteiger partial charge in [0.05, 0.1) is 17.5 Å². The second-order valence-electron chi connectivity index (χ2n) is 5.52. The molecule has 26 heavy (non-hydrogen) atoms. The third-order valence-corrected chi connectivity index (χ3v) is 4.64. The number of anilines is 1. The van der Waals surface area contributed by atoms with Crippen LogP contribution in [0.2, 0.25) is 0 Å². The molecule has 0 N–H and O–H groups in total. The standard InChI is InChI=1S/C17H11F2N3O3S/c1-9-5-13(21-25-9)16(23)22(8-11-3-2-4-24-11)17-20-15-12(19)6-10(18)7-14(15)26-17/h2-7H,8H2,1H3. The average molecular weight is 375 g/mol. The van der Waals surface area contributed by atoms with Crippen molar-refractivity contribution in [3.63, 3.8) is 0 Å². The summed E-state index contributed by atoms with van der Waals surface area (Å²) in [6.07, 6.45) is 1.48. The minimum atomic E-state index is -0.787. The third kappa shape index (κ3) is 2.97. The fourth-order valence-corrected chi connectivity index (χ4v) is 3.45. The van der Waals surface area contributed by atoms with Gasteiger partial charge in [0.15, 0.2) is 16.6 Å². The molecule has 4 rings (SSSR count). The van der Waals surface area contributed by atoms with Gasteiger partial charge in [-0.25, -0.2) is 13.8 Å². The Bertz CT molecular complexity index is 1090. The quantitative estimate of drug-likeness (QED) is 0.531. The molecule has 0 unspecified atom stereocenters. The van der Waals surface area contributed by atoms with Gasteiger partial charge in [-0.05, 0) is 25.1 Å². The van der Waals surface area contributed by atoms with Crippen molar-refractivity contribution >= 4 is 32.6 Å². The summed E-state index contributed by atoms with van der Waals surface area (Å²) in [6.45, 7) is 1.72. The van der Waals surface area contributed by atoms with E-state index in [1.54, 1.807) is 19.1 Å². The number of carbonyl (C=O) groups excluding carboxylic acids is 1. The summed E-state index contributed by atoms with van der Waals surface area (Å²) in [5, 5.41) is 3.92. The van der Waals surface area contributed by atoms with Crippen LogP contribution < -0.4 is 4.90 Å². The van der Waals surface area contributed by atoms with Crippen LogP contribution in [0.1, 0.15) is 22.0 Å². The minimum Gasteiger partial charge on any atom is -0.467 e. The van der Waals surface area contributed by atoms with Crippen molar-refractivity contribution in [3.05, 3.63) is 65.4 Å². The van der Waals surface area contributed by atoms with Crippen molar-refractivity contribution in [1.82, 2.24) is 10.1 Å². The molecule has 9 heteroatoms. The molecule has 0 fully saturated rings. The van der Waals surface area contributed by atoms with E-state index in [4.69, 9.17) is 8.94 Å². The number of carbonyl (C=O) groups is 1. The van der Waals surface area contributed by atoms with E-state index in [2.05, 4.69) is 10.1 Å². The number of hydrogen-bond acceptors (Lipinski definition) is 6. The van der Waals surface area contributed by atoms with Gasteiger partial charge in [0.1, 0.15) is 22.9 Å². The molecule has 0 aliphatic rings. The van der Waals surface area contributed by atoms with E-state index >= 15 is 0 Å². The number of nitrogens with zero attached hydrogens (tertiary/aromatic N) is 3. The zero-order valence-electron chi connectivity index (χ0n) is 13.4. The highest BCUT2D eigenvalue weighted by molar-refractivity contribution is 7.22. The van der Waals surface area contributed by atoms with E-state index in [-0.39, 0.29) is 22.9 Å². The Labute approximate surface area is 149 Å². The fourth-order valence-electron chi connectivity index (χ4n) is 2.45. The van der Waals surface area contributed by atoms with Gasteiger partial charge in [0.2, 0.25) is 0 Å². The summed E-state index contributed by atoms with van der Waals surface area (Å²) in [6, 6.07) is 6.81. The van der Waals surface area contributed by atoms with E-state index in [1.807, 2.05) is 0 Å². The van der Waals surface area contributed by atoms with Gasteiger partial charge in [-0.15, -0.1) is 0 Å². The highest BCUT2D eigenvalue weighted by Gasteiger charge is 2.26. The zero-order chi connectivity index (χ0) is 18.3. The number of aromatic nitrogens is 2. The Balaban J connectivity index is 1.79. The maximum atomic E-state index is 14.0. The summed E-state index contributed by atoms with van der Waals surface area (Å²) >= 11 is 0.999. The van der Waals surface area contributed by atoms with E-state index in [9.17, 15) is 13.6 Å². The van der Waals surface area contributed by atoms with Gasteiger partial charge in [-0.2, -0.15) is 0 Å². The monoisotopic (exact) mass is 375 g/mol. The highest BCUT2D eigenvalue weighted by atomic mass is 32.1. The smallest absolute Gasteiger partial charge is 0.282 e. The Morgan fingerprint density at radius 1 is 1.31 bits per heavy atom. The van der Waals surface area contributed by atoms with Crippen molar-refractivity contribution < 1.29 is 22.5 Å². The molecule has 1 aromatic carbocycles. The highest BCUT2D eigenvalue weighted by Crippen LogP contribution is 2.32. The maximum absolute atomic E-state index is 14.0. The van der Waals surface area contributed by atoms with Crippen LogP contribution in [-0.4, -0.2) is 16.0 Å². The number of furan rings is 1. The van der Waals surface area contributed by atoms with Crippen molar-refractivity contribution in [2.75, 3.05) is 4.90 Å². The SMILES string of the molecule is Cc1cc(C(=O)N(Cc2ccco2)c2nc3c(F)cc(F)cc3s2)no1. The van der Waals surface area contributed by atoms with Crippen LogP contribution in [0.5, 0.6) is 0 Å². The molecule has 0 saturated carbocycles. The fraction of sp³-hybridized carbons (Fsp3) is 0.118. The Morgan fingerprint density at radius 3 is 2.85 bits per heavy atom. The molecule has 132 valence electrons. The predicted octanol–water partition coefficient (Wildman–Crippen LogP) is 4.31. The Kier molecular flexibility index (Phi) is 4.00. The van der Waals surface area contributed by atoms with Crippen LogP contribution in [0, 0.1) is 18.6 Å². The second kappa shape index (κ2) is 6.34. The van der Waals surface area contributed by atoms with E-state index < -0.39 is 17.5 Å². The predicted molar refractivity (Wildman–Crippen MR) is 90.0 cm³/mol. The zero-order valence-corrected chi connectivity index (χ0v) is 14.2. The van der Waals surface area contributed by atoms with Gasteiger partial charge in [0, 0.05) is 12.1 Å². The molecule has 0 aliphatic carbocycles. The molecule has 0 saturated heterocycles. The molecule has 0 bridgehead atoms. The summed E-state index contributed by atoms with van der Waals surface area (Å²) in [5.74, 6) is -1.00. The van der Waals surface area contributed by atoms with Crippen LogP contribution >= 0.6 is 11.3 Å². The number of halogens is 2. The Morgan fingerprint density at radius 2 is 2.15 bits per heavy atom. The Hall–Kier alpha value is -3.07. The van der Waals surface area contributed by atoms with Crippen molar-refractivity contribution in [3.8, 4) is 0 Å². The molecular formula is C17H11F2N3O3S. The number of fused-ring (bicyclic) bond motifs is 1. The van der Waals surface area contributed by atoms with Crippen molar-refractivity contribution in [1.29, 1.82) is 0 Å². The maximum Gasteiger partial charge on any atom is 0.282 e. The van der Waals surface area contributed by atoms with Gasteiger partial charge < -0.3 is 8.94 Å². The van der Waals surface area contributed by atoms with Crippen LogP contribution in [0.25, 0.3) is 10.2 Å². The number of rotatable bonds is 4. The lowest BCUT2D eigenvalue weighted by molar-refractivity contribution is 0.0974. The summed E-state index contributed by atoms with van der Waals surface area (Å²) in [4.78, 5) is 18.3. The molecule has 0 radical (unpaired) electrons. The largest absolute Gasteiger partial charge is 0.467 e. The molecule has 3 aromatic heterocycles. The number of benzene rings is 1. The summed E-state index contributed by atoms with van der Waals surface area (Å²) in [5.41, 5.74) is 0.0833. The van der Waals surface area contributed by atoms with Gasteiger partial charge in [-0.3, -0.25) is 9.69 Å². The van der Waals surface area contributed by atoms with Crippen LogP contribution in [0.15, 0.2) is 45.5 Å². The first kappa shape index (κ1) is 16.4. The summed E-state index contributed by atoms with van der Waals surface area (Å²) in [7, 11) is 0. The first-order chi connectivity index (χ1) is 12.5. The first-order valence-electron chi connectivity index (χ1n) is 7.54. The van der Waals surface area contributed by atoms with Gasteiger partial charge >= 0.3 is 0 Å². The molecular weight excluding hydrogens is 364 g/mol. The average Bonchev–Trinajstić information content (AvgIpc) is 3.32. The van der Waals surface area contributed by atoms with E-state index in [0.717, 1.165) is 17.4 Å². The van der Waals surface area contributed by atoms with Crippen LogP contribution in [-0.2, 0) is 6.54 Å². The molecule has 0 aliphatic heterocycles. The van der Waals surface area contributed by atoms with Gasteiger partial charge in [-0.1, -0.05) is 16.5 Å². The lowest BCUT2D eigenvalue weighted by atomic mass is 10.3. The van der Waals surface area contributed by atoms with E-state index in [0.29, 0.717) is 16.2 Å². The second-order valence-corrected chi connectivity index (χ2v) is 6.53. The molecule has 1 amide bonds. The normalized spacial score (nSPS) is 11.2. The first-order valence-corrected chi connectivity index (χ1v) is 8.36. The minimum absolute atomic E-state index is 0.0000201. The topological polar surface area (TPSA) is 72.4 Å². The summed E-state index contributed by atoms with van der Waals surface area (Å²) < 4.78 is 38.0. The number of aryl methyl sites for hydroxylation is 1. The van der Waals surface area contributed by atoms with E-state index in [1.165, 1.54) is 23.3 Å². The van der Waals surface area contributed by atoms with Crippen molar-refractivity contribution in [2.45, 2.75) is 13.5 Å². The molecule has 0 spiro atoms. The molecule has 3 heterocycles. The van der Waals surface area contributed by atoms with Crippen LogP contribution in [0.3, 0.4) is 0 Å². The lowest BCUT2D eigenvalue weighted by Crippen LogP contribution is -2.30. The van der Waals surface area contributed by atoms with Crippen LogP contribution in [0.4, 0.5) is 13.9 Å². The van der Waals surface area contributed by atoms with Crippen molar-refractivity contribution in [2.24, 2.45) is 0 Å². The molecule has 4 aromatic rings.